The minimum atomic E-state index is -1.77. The molecule has 0 aliphatic rings. The van der Waals surface area contributed by atoms with E-state index in [9.17, 15) is 19.2 Å². The molecular weight excluding hydrogens is 324 g/mol. The molecule has 0 radical (unpaired) electrons. The van der Waals surface area contributed by atoms with E-state index in [4.69, 9.17) is 21.4 Å². The van der Waals surface area contributed by atoms with Crippen LogP contribution in [0.3, 0.4) is 0 Å². The molecular formula is C16H17ClO6. The maximum atomic E-state index is 12.1. The van der Waals surface area contributed by atoms with E-state index >= 15 is 0 Å². The molecule has 1 N–H and O–H groups in total. The molecule has 0 heterocycles. The maximum absolute atomic E-state index is 12.1. The number of benzene rings is 1. The Labute approximate surface area is 138 Å². The van der Waals surface area contributed by atoms with E-state index in [1.165, 1.54) is 24.3 Å². The van der Waals surface area contributed by atoms with Gasteiger partial charge in [0.1, 0.15) is 5.92 Å². The SMILES string of the molecule is CCC(C)OC(=O)C(=O)C(CC(=O)c1ccc(Cl)cc1)C(=O)O. The van der Waals surface area contributed by atoms with Gasteiger partial charge in [0, 0.05) is 17.0 Å². The molecule has 7 heteroatoms. The molecule has 1 aromatic carbocycles. The summed E-state index contributed by atoms with van der Waals surface area (Å²) in [6.07, 6.45) is -0.640. The fourth-order valence-electron chi connectivity index (χ4n) is 1.70. The van der Waals surface area contributed by atoms with Crippen molar-refractivity contribution in [3.63, 3.8) is 0 Å². The molecule has 0 aliphatic heterocycles. The van der Waals surface area contributed by atoms with E-state index in [0.717, 1.165) is 0 Å². The van der Waals surface area contributed by atoms with Gasteiger partial charge in [0.25, 0.3) is 5.78 Å². The molecule has 0 amide bonds. The molecule has 124 valence electrons. The number of Topliss-reactive ketones (excluding diaryl/α,β-unsaturated/α-hetero) is 2. The Morgan fingerprint density at radius 1 is 1.17 bits per heavy atom. The Kier molecular flexibility index (Phi) is 6.90. The lowest BCUT2D eigenvalue weighted by atomic mass is 9.94. The highest BCUT2D eigenvalue weighted by Crippen LogP contribution is 2.16. The molecule has 0 saturated carbocycles. The zero-order valence-corrected chi connectivity index (χ0v) is 13.5. The number of aliphatic carboxylic acids is 1. The number of carbonyl (C=O) groups is 4. The summed E-state index contributed by atoms with van der Waals surface area (Å²) in [5, 5.41) is 9.54. The third kappa shape index (κ3) is 5.49. The molecule has 0 spiro atoms. The summed E-state index contributed by atoms with van der Waals surface area (Å²) in [6.45, 7) is 3.33. The monoisotopic (exact) mass is 340 g/mol. The van der Waals surface area contributed by atoms with E-state index in [1.54, 1.807) is 13.8 Å². The normalized spacial score (nSPS) is 13.0. The second-order valence-corrected chi connectivity index (χ2v) is 5.45. The number of carboxylic acid groups (broad SMARTS) is 1. The Balaban J connectivity index is 2.84. The molecule has 2 atom stereocenters. The number of esters is 1. The Morgan fingerprint density at radius 3 is 2.22 bits per heavy atom. The molecule has 0 saturated heterocycles. The smallest absolute Gasteiger partial charge is 0.375 e. The van der Waals surface area contributed by atoms with Crippen molar-refractivity contribution >= 4 is 35.1 Å². The largest absolute Gasteiger partial charge is 0.481 e. The minimum Gasteiger partial charge on any atom is -0.481 e. The van der Waals surface area contributed by atoms with Crippen LogP contribution in [0.25, 0.3) is 0 Å². The second kappa shape index (κ2) is 8.43. The summed E-state index contributed by atoms with van der Waals surface area (Å²) in [4.78, 5) is 46.9. The zero-order valence-electron chi connectivity index (χ0n) is 12.7. The quantitative estimate of drug-likeness (QED) is 0.338. The summed E-state index contributed by atoms with van der Waals surface area (Å²) < 4.78 is 4.81. The summed E-state index contributed by atoms with van der Waals surface area (Å²) >= 11 is 5.71. The fourth-order valence-corrected chi connectivity index (χ4v) is 1.82. The van der Waals surface area contributed by atoms with Gasteiger partial charge in [-0.05, 0) is 37.6 Å². The van der Waals surface area contributed by atoms with Gasteiger partial charge in [-0.3, -0.25) is 14.4 Å². The molecule has 0 aliphatic carbocycles. The highest BCUT2D eigenvalue weighted by molar-refractivity contribution is 6.38. The lowest BCUT2D eigenvalue weighted by Crippen LogP contribution is -2.34. The highest BCUT2D eigenvalue weighted by Gasteiger charge is 2.35. The number of carboxylic acids is 1. The molecule has 2 unspecified atom stereocenters. The van der Waals surface area contributed by atoms with Crippen molar-refractivity contribution in [2.24, 2.45) is 5.92 Å². The first kappa shape index (κ1) is 18.8. The lowest BCUT2D eigenvalue weighted by Gasteiger charge is -2.13. The van der Waals surface area contributed by atoms with Crippen molar-refractivity contribution in [1.29, 1.82) is 0 Å². The molecule has 23 heavy (non-hydrogen) atoms. The summed E-state index contributed by atoms with van der Waals surface area (Å²) in [5.74, 6) is -6.36. The van der Waals surface area contributed by atoms with Crippen LogP contribution in [0, 0.1) is 5.92 Å². The van der Waals surface area contributed by atoms with Gasteiger partial charge in [-0.2, -0.15) is 0 Å². The lowest BCUT2D eigenvalue weighted by molar-refractivity contribution is -0.162. The van der Waals surface area contributed by atoms with Crippen LogP contribution in [0.15, 0.2) is 24.3 Å². The minimum absolute atomic E-state index is 0.212. The van der Waals surface area contributed by atoms with E-state index in [0.29, 0.717) is 11.4 Å². The van der Waals surface area contributed by atoms with Crippen molar-refractivity contribution in [3.8, 4) is 0 Å². The summed E-state index contributed by atoms with van der Waals surface area (Å²) in [7, 11) is 0. The van der Waals surface area contributed by atoms with Crippen LogP contribution in [0.1, 0.15) is 37.0 Å². The molecule has 0 fully saturated rings. The Bertz CT molecular complexity index is 608. The summed E-state index contributed by atoms with van der Waals surface area (Å²) in [6, 6.07) is 5.80. The van der Waals surface area contributed by atoms with Gasteiger partial charge in [0.15, 0.2) is 5.78 Å². The number of carbonyl (C=O) groups excluding carboxylic acids is 3. The molecule has 6 nitrogen and oxygen atoms in total. The first-order chi connectivity index (χ1) is 10.8. The fraction of sp³-hybridized carbons (Fsp3) is 0.375. The van der Waals surface area contributed by atoms with Crippen molar-refractivity contribution in [2.75, 3.05) is 0 Å². The number of halogens is 1. The number of hydrogen-bond acceptors (Lipinski definition) is 5. The Morgan fingerprint density at radius 2 is 1.74 bits per heavy atom. The van der Waals surface area contributed by atoms with Crippen LogP contribution in [-0.2, 0) is 19.1 Å². The summed E-state index contributed by atoms with van der Waals surface area (Å²) in [5.41, 5.74) is 0.212. The topological polar surface area (TPSA) is 97.7 Å². The zero-order chi connectivity index (χ0) is 17.6. The van der Waals surface area contributed by atoms with Crippen molar-refractivity contribution in [3.05, 3.63) is 34.9 Å². The van der Waals surface area contributed by atoms with Gasteiger partial charge < -0.3 is 9.84 Å². The number of ketones is 2. The predicted molar refractivity (Wildman–Crippen MR) is 82.4 cm³/mol. The second-order valence-electron chi connectivity index (χ2n) is 5.01. The highest BCUT2D eigenvalue weighted by atomic mass is 35.5. The van der Waals surface area contributed by atoms with Gasteiger partial charge in [-0.1, -0.05) is 18.5 Å². The van der Waals surface area contributed by atoms with Gasteiger partial charge in [0.2, 0.25) is 0 Å². The van der Waals surface area contributed by atoms with E-state index in [-0.39, 0.29) is 5.56 Å². The number of rotatable bonds is 8. The van der Waals surface area contributed by atoms with Crippen LogP contribution in [0.2, 0.25) is 5.02 Å². The van der Waals surface area contributed by atoms with E-state index in [1.807, 2.05) is 0 Å². The standard InChI is InChI=1S/C16H17ClO6/c1-3-9(2)23-16(22)14(19)12(15(20)21)8-13(18)10-4-6-11(17)7-5-10/h4-7,9,12H,3,8H2,1-2H3,(H,20,21). The number of hydrogen-bond donors (Lipinski definition) is 1. The van der Waals surface area contributed by atoms with Gasteiger partial charge in [0.05, 0.1) is 6.10 Å². The van der Waals surface area contributed by atoms with Gasteiger partial charge in [-0.15, -0.1) is 0 Å². The third-order valence-electron chi connectivity index (χ3n) is 3.25. The average molecular weight is 341 g/mol. The van der Waals surface area contributed by atoms with Crippen LogP contribution >= 0.6 is 11.6 Å². The van der Waals surface area contributed by atoms with Gasteiger partial charge >= 0.3 is 11.9 Å². The van der Waals surface area contributed by atoms with Crippen LogP contribution in [0.4, 0.5) is 0 Å². The average Bonchev–Trinajstić information content (AvgIpc) is 2.51. The first-order valence-corrected chi connectivity index (χ1v) is 7.40. The molecule has 1 rings (SSSR count). The molecule has 0 aromatic heterocycles. The van der Waals surface area contributed by atoms with Crippen molar-refractivity contribution in [1.82, 2.24) is 0 Å². The third-order valence-corrected chi connectivity index (χ3v) is 3.51. The van der Waals surface area contributed by atoms with Crippen LogP contribution in [0.5, 0.6) is 0 Å². The maximum Gasteiger partial charge on any atom is 0.375 e. The molecule has 1 aromatic rings. The van der Waals surface area contributed by atoms with Crippen molar-refractivity contribution < 1.29 is 29.0 Å². The predicted octanol–water partition coefficient (Wildman–Crippen LogP) is 2.52. The van der Waals surface area contributed by atoms with E-state index in [2.05, 4.69) is 0 Å². The number of ether oxygens (including phenoxy) is 1. The van der Waals surface area contributed by atoms with Gasteiger partial charge in [-0.25, -0.2) is 4.79 Å². The van der Waals surface area contributed by atoms with Crippen LogP contribution in [-0.4, -0.2) is 34.7 Å². The molecule has 0 bridgehead atoms. The Hall–Kier alpha value is -2.21. The first-order valence-electron chi connectivity index (χ1n) is 7.02. The van der Waals surface area contributed by atoms with E-state index < -0.39 is 41.9 Å². The van der Waals surface area contributed by atoms with Crippen LogP contribution < -0.4 is 0 Å². The van der Waals surface area contributed by atoms with Crippen molar-refractivity contribution in [2.45, 2.75) is 32.8 Å².